The minimum Gasteiger partial charge on any atom is -0.316 e. The molecule has 0 bridgehead atoms. The summed E-state index contributed by atoms with van der Waals surface area (Å²) in [4.78, 5) is 0. The molecule has 1 aliphatic heterocycles. The van der Waals surface area contributed by atoms with Gasteiger partial charge in [0, 0.05) is 0 Å². The molecule has 0 amide bonds. The van der Waals surface area contributed by atoms with Crippen LogP contribution in [0.15, 0.2) is 24.3 Å². The van der Waals surface area contributed by atoms with Crippen LogP contribution >= 0.6 is 0 Å². The third-order valence-corrected chi connectivity index (χ3v) is 5.95. The molecule has 2 unspecified atom stereocenters. The smallest absolute Gasteiger partial charge is 0.00120 e. The molecule has 2 aliphatic carbocycles. The highest BCUT2D eigenvalue weighted by Crippen LogP contribution is 2.48. The van der Waals surface area contributed by atoms with Gasteiger partial charge in [-0.05, 0) is 67.2 Å². The topological polar surface area (TPSA) is 12.0 Å². The zero-order chi connectivity index (χ0) is 13.4. The molecule has 1 N–H and O–H groups in total. The maximum absolute atomic E-state index is 3.68. The molecule has 0 radical (unpaired) electrons. The molecule has 1 heterocycles. The third kappa shape index (κ3) is 2.41. The monoisotopic (exact) mass is 269 g/mol. The Morgan fingerprint density at radius 3 is 2.35 bits per heavy atom. The average Bonchev–Trinajstić information content (AvgIpc) is 3.22. The molecule has 1 nitrogen and oxygen atoms in total. The van der Waals surface area contributed by atoms with Crippen LogP contribution in [0, 0.1) is 11.8 Å². The Morgan fingerprint density at radius 1 is 0.850 bits per heavy atom. The van der Waals surface area contributed by atoms with Crippen molar-refractivity contribution in [3.8, 4) is 0 Å². The van der Waals surface area contributed by atoms with Crippen molar-refractivity contribution in [1.29, 1.82) is 0 Å². The molecule has 1 saturated heterocycles. The largest absolute Gasteiger partial charge is 0.316 e. The van der Waals surface area contributed by atoms with Gasteiger partial charge in [-0.25, -0.2) is 0 Å². The summed E-state index contributed by atoms with van der Waals surface area (Å²) in [6, 6.07) is 9.39. The van der Waals surface area contributed by atoms with Crippen molar-refractivity contribution in [2.24, 2.45) is 11.8 Å². The zero-order valence-corrected chi connectivity index (χ0v) is 12.5. The van der Waals surface area contributed by atoms with E-state index in [-0.39, 0.29) is 0 Å². The highest BCUT2D eigenvalue weighted by atomic mass is 14.9. The number of nitrogens with one attached hydrogen (secondary N) is 1. The van der Waals surface area contributed by atoms with Crippen molar-refractivity contribution in [2.45, 2.75) is 56.8 Å². The van der Waals surface area contributed by atoms with Gasteiger partial charge in [0.15, 0.2) is 0 Å². The highest BCUT2D eigenvalue weighted by molar-refractivity contribution is 5.36. The SMILES string of the molecule is c1ccc(C2CCNCC2C2CCCC2)c(C2CC2)c1. The minimum atomic E-state index is 0.830. The summed E-state index contributed by atoms with van der Waals surface area (Å²) in [5.74, 6) is 3.60. The predicted octanol–water partition coefficient (Wildman–Crippen LogP) is 4.45. The maximum Gasteiger partial charge on any atom is -0.00120 e. The van der Waals surface area contributed by atoms with Crippen molar-refractivity contribution in [3.63, 3.8) is 0 Å². The Bertz CT molecular complexity index is 457. The first kappa shape index (κ1) is 12.9. The molecule has 0 spiro atoms. The molecule has 3 aliphatic rings. The molecular weight excluding hydrogens is 242 g/mol. The van der Waals surface area contributed by atoms with Crippen LogP contribution in [0.2, 0.25) is 0 Å². The normalized spacial score (nSPS) is 31.6. The molecule has 20 heavy (non-hydrogen) atoms. The van der Waals surface area contributed by atoms with Crippen LogP contribution < -0.4 is 5.32 Å². The van der Waals surface area contributed by atoms with Crippen LogP contribution in [0.25, 0.3) is 0 Å². The summed E-state index contributed by atoms with van der Waals surface area (Å²) in [5, 5.41) is 3.68. The van der Waals surface area contributed by atoms with Gasteiger partial charge in [0.1, 0.15) is 0 Å². The lowest BCUT2D eigenvalue weighted by Gasteiger charge is -2.37. The van der Waals surface area contributed by atoms with Crippen LogP contribution in [0.3, 0.4) is 0 Å². The van der Waals surface area contributed by atoms with Crippen LogP contribution in [0.5, 0.6) is 0 Å². The van der Waals surface area contributed by atoms with E-state index in [1.54, 1.807) is 11.1 Å². The lowest BCUT2D eigenvalue weighted by Crippen LogP contribution is -2.39. The number of hydrogen-bond donors (Lipinski definition) is 1. The molecule has 2 atom stereocenters. The lowest BCUT2D eigenvalue weighted by atomic mass is 9.72. The number of rotatable bonds is 3. The fourth-order valence-corrected chi connectivity index (χ4v) is 4.76. The van der Waals surface area contributed by atoms with E-state index in [0.29, 0.717) is 0 Å². The summed E-state index contributed by atoms with van der Waals surface area (Å²) < 4.78 is 0. The van der Waals surface area contributed by atoms with Crippen LogP contribution in [0.4, 0.5) is 0 Å². The Balaban J connectivity index is 1.64. The van der Waals surface area contributed by atoms with Crippen molar-refractivity contribution >= 4 is 0 Å². The summed E-state index contributed by atoms with van der Waals surface area (Å²) in [6.07, 6.45) is 10.1. The summed E-state index contributed by atoms with van der Waals surface area (Å²) >= 11 is 0. The average molecular weight is 269 g/mol. The van der Waals surface area contributed by atoms with E-state index < -0.39 is 0 Å². The van der Waals surface area contributed by atoms with Gasteiger partial charge in [0.2, 0.25) is 0 Å². The van der Waals surface area contributed by atoms with Gasteiger partial charge >= 0.3 is 0 Å². The molecule has 4 rings (SSSR count). The Hall–Kier alpha value is -0.820. The molecule has 0 aromatic heterocycles. The van der Waals surface area contributed by atoms with E-state index in [1.807, 2.05) is 0 Å². The van der Waals surface area contributed by atoms with Gasteiger partial charge in [0.25, 0.3) is 0 Å². The Morgan fingerprint density at radius 2 is 1.60 bits per heavy atom. The van der Waals surface area contributed by atoms with Gasteiger partial charge in [-0.1, -0.05) is 49.9 Å². The molecule has 108 valence electrons. The summed E-state index contributed by atoms with van der Waals surface area (Å²) in [6.45, 7) is 2.47. The molecule has 2 saturated carbocycles. The second kappa shape index (κ2) is 5.52. The number of benzene rings is 1. The van der Waals surface area contributed by atoms with Crippen molar-refractivity contribution < 1.29 is 0 Å². The number of piperidine rings is 1. The third-order valence-electron chi connectivity index (χ3n) is 5.95. The summed E-state index contributed by atoms with van der Waals surface area (Å²) in [5.41, 5.74) is 3.41. The number of hydrogen-bond acceptors (Lipinski definition) is 1. The van der Waals surface area contributed by atoms with Gasteiger partial charge in [-0.2, -0.15) is 0 Å². The zero-order valence-electron chi connectivity index (χ0n) is 12.5. The van der Waals surface area contributed by atoms with E-state index in [9.17, 15) is 0 Å². The van der Waals surface area contributed by atoms with E-state index in [1.165, 1.54) is 58.0 Å². The molecule has 1 aromatic rings. The van der Waals surface area contributed by atoms with Crippen molar-refractivity contribution in [1.82, 2.24) is 5.32 Å². The standard InChI is InChI=1S/C19H27N/c1-2-6-14(5-1)19-13-20-12-11-18(19)17-8-4-3-7-16(17)15-9-10-15/h3-4,7-8,14-15,18-20H,1-2,5-6,9-13H2. The molecule has 1 aromatic carbocycles. The van der Waals surface area contributed by atoms with E-state index in [2.05, 4.69) is 29.6 Å². The first-order valence-electron chi connectivity index (χ1n) is 8.73. The van der Waals surface area contributed by atoms with E-state index in [4.69, 9.17) is 0 Å². The van der Waals surface area contributed by atoms with Crippen molar-refractivity contribution in [3.05, 3.63) is 35.4 Å². The van der Waals surface area contributed by atoms with Gasteiger partial charge in [0.05, 0.1) is 0 Å². The molecule has 3 fully saturated rings. The second-order valence-corrected chi connectivity index (χ2v) is 7.21. The quantitative estimate of drug-likeness (QED) is 0.855. The minimum absolute atomic E-state index is 0.830. The first-order valence-corrected chi connectivity index (χ1v) is 8.73. The van der Waals surface area contributed by atoms with Gasteiger partial charge in [-0.15, -0.1) is 0 Å². The fourth-order valence-electron chi connectivity index (χ4n) is 4.76. The molecular formula is C19H27N. The first-order chi connectivity index (χ1) is 9.93. The maximum atomic E-state index is 3.68. The Labute approximate surface area is 123 Å². The van der Waals surface area contributed by atoms with E-state index in [0.717, 1.165) is 23.7 Å². The van der Waals surface area contributed by atoms with Gasteiger partial charge in [-0.3, -0.25) is 0 Å². The van der Waals surface area contributed by atoms with Crippen molar-refractivity contribution in [2.75, 3.05) is 13.1 Å². The van der Waals surface area contributed by atoms with Gasteiger partial charge < -0.3 is 5.32 Å². The second-order valence-electron chi connectivity index (χ2n) is 7.21. The van der Waals surface area contributed by atoms with Crippen LogP contribution in [-0.2, 0) is 0 Å². The fraction of sp³-hybridized carbons (Fsp3) is 0.684. The van der Waals surface area contributed by atoms with E-state index >= 15 is 0 Å². The lowest BCUT2D eigenvalue weighted by molar-refractivity contribution is 0.230. The highest BCUT2D eigenvalue weighted by Gasteiger charge is 2.36. The van der Waals surface area contributed by atoms with Crippen LogP contribution in [0.1, 0.15) is 67.9 Å². The van der Waals surface area contributed by atoms with Crippen LogP contribution in [-0.4, -0.2) is 13.1 Å². The molecule has 1 heteroatoms. The predicted molar refractivity (Wildman–Crippen MR) is 84.1 cm³/mol. The Kier molecular flexibility index (Phi) is 3.56. The summed E-state index contributed by atoms with van der Waals surface area (Å²) in [7, 11) is 0.